The topological polar surface area (TPSA) is 42.4 Å². The molecule has 0 bridgehead atoms. The summed E-state index contributed by atoms with van der Waals surface area (Å²) in [5, 5.41) is 0.769. The van der Waals surface area contributed by atoms with Crippen LogP contribution in [0.1, 0.15) is 31.7 Å². The van der Waals surface area contributed by atoms with Crippen LogP contribution in [0.25, 0.3) is 0 Å². The molecular formula is C14H18Cl2N2O2. The zero-order chi connectivity index (χ0) is 14.5. The van der Waals surface area contributed by atoms with Gasteiger partial charge in [0.15, 0.2) is 0 Å². The first-order valence-electron chi connectivity index (χ1n) is 6.83. The van der Waals surface area contributed by atoms with E-state index in [-0.39, 0.29) is 12.0 Å². The minimum atomic E-state index is -0.185. The molecule has 0 N–H and O–H groups in total. The van der Waals surface area contributed by atoms with Crippen molar-refractivity contribution in [2.45, 2.75) is 38.8 Å². The van der Waals surface area contributed by atoms with Gasteiger partial charge in [0.05, 0.1) is 6.61 Å². The van der Waals surface area contributed by atoms with Gasteiger partial charge in [0, 0.05) is 12.1 Å². The average molecular weight is 317 g/mol. The van der Waals surface area contributed by atoms with E-state index in [4.69, 9.17) is 27.9 Å². The van der Waals surface area contributed by atoms with Crippen LogP contribution < -0.4 is 0 Å². The smallest absolute Gasteiger partial charge is 0.323 e. The van der Waals surface area contributed by atoms with E-state index in [9.17, 15) is 4.79 Å². The van der Waals surface area contributed by atoms with Crippen LogP contribution in [0, 0.1) is 0 Å². The van der Waals surface area contributed by atoms with Crippen molar-refractivity contribution in [2.75, 3.05) is 13.2 Å². The number of carbonyl (C=O) groups excluding carboxylic acids is 1. The highest BCUT2D eigenvalue weighted by Crippen LogP contribution is 2.24. The second-order valence-electron chi connectivity index (χ2n) is 4.82. The molecule has 1 unspecified atom stereocenters. The van der Waals surface area contributed by atoms with Gasteiger partial charge in [0.1, 0.15) is 16.3 Å². The molecule has 110 valence electrons. The third kappa shape index (κ3) is 3.84. The van der Waals surface area contributed by atoms with E-state index < -0.39 is 0 Å². The maximum Gasteiger partial charge on any atom is 0.323 e. The second kappa shape index (κ2) is 7.25. The minimum absolute atomic E-state index is 0.148. The number of piperidine rings is 1. The Morgan fingerprint density at radius 2 is 2.25 bits per heavy atom. The SMILES string of the molecule is CCOC(=O)C1CCCCN1Cc1ccc(Cl)nc1Cl. The summed E-state index contributed by atoms with van der Waals surface area (Å²) in [6.07, 6.45) is 2.96. The zero-order valence-electron chi connectivity index (χ0n) is 11.4. The van der Waals surface area contributed by atoms with Gasteiger partial charge in [0.25, 0.3) is 0 Å². The summed E-state index contributed by atoms with van der Waals surface area (Å²) in [5.74, 6) is -0.148. The van der Waals surface area contributed by atoms with Gasteiger partial charge in [-0.2, -0.15) is 0 Å². The van der Waals surface area contributed by atoms with E-state index in [1.54, 1.807) is 6.07 Å². The molecule has 1 aromatic rings. The lowest BCUT2D eigenvalue weighted by Crippen LogP contribution is -2.45. The predicted molar refractivity (Wildman–Crippen MR) is 78.9 cm³/mol. The summed E-state index contributed by atoms with van der Waals surface area (Å²) in [5.41, 5.74) is 0.882. The van der Waals surface area contributed by atoms with E-state index in [1.807, 2.05) is 13.0 Å². The van der Waals surface area contributed by atoms with Crippen LogP contribution in [0.2, 0.25) is 10.3 Å². The Labute approximate surface area is 129 Å². The maximum atomic E-state index is 12.0. The first-order chi connectivity index (χ1) is 9.61. The van der Waals surface area contributed by atoms with Gasteiger partial charge in [-0.1, -0.05) is 35.7 Å². The summed E-state index contributed by atoms with van der Waals surface area (Å²) in [4.78, 5) is 18.1. The molecule has 0 spiro atoms. The van der Waals surface area contributed by atoms with Gasteiger partial charge in [-0.15, -0.1) is 0 Å². The summed E-state index contributed by atoms with van der Waals surface area (Å²) in [7, 11) is 0. The Bertz CT molecular complexity index is 482. The fraction of sp³-hybridized carbons (Fsp3) is 0.571. The number of ether oxygens (including phenoxy) is 1. The number of aromatic nitrogens is 1. The number of carbonyl (C=O) groups is 1. The van der Waals surface area contributed by atoms with Gasteiger partial charge in [-0.05, 0) is 32.4 Å². The highest BCUT2D eigenvalue weighted by Gasteiger charge is 2.30. The largest absolute Gasteiger partial charge is 0.465 e. The maximum absolute atomic E-state index is 12.0. The number of hydrogen-bond donors (Lipinski definition) is 0. The van der Waals surface area contributed by atoms with Crippen molar-refractivity contribution >= 4 is 29.2 Å². The third-order valence-electron chi connectivity index (χ3n) is 3.44. The minimum Gasteiger partial charge on any atom is -0.465 e. The van der Waals surface area contributed by atoms with Crippen molar-refractivity contribution in [1.82, 2.24) is 9.88 Å². The van der Waals surface area contributed by atoms with Crippen LogP contribution in [0.15, 0.2) is 12.1 Å². The number of nitrogens with zero attached hydrogens (tertiary/aromatic N) is 2. The Morgan fingerprint density at radius 3 is 2.95 bits per heavy atom. The van der Waals surface area contributed by atoms with E-state index in [0.29, 0.717) is 23.5 Å². The molecule has 1 aliphatic heterocycles. The molecule has 0 aliphatic carbocycles. The molecule has 2 rings (SSSR count). The molecule has 2 heterocycles. The number of hydrogen-bond acceptors (Lipinski definition) is 4. The number of rotatable bonds is 4. The van der Waals surface area contributed by atoms with E-state index >= 15 is 0 Å². The van der Waals surface area contributed by atoms with Gasteiger partial charge in [-0.3, -0.25) is 9.69 Å². The summed E-state index contributed by atoms with van der Waals surface area (Å²) >= 11 is 11.9. The highest BCUT2D eigenvalue weighted by molar-refractivity contribution is 6.32. The van der Waals surface area contributed by atoms with Crippen LogP contribution in [-0.4, -0.2) is 35.0 Å². The molecule has 0 radical (unpaired) electrons. The van der Waals surface area contributed by atoms with E-state index in [2.05, 4.69) is 9.88 Å². The van der Waals surface area contributed by atoms with Gasteiger partial charge in [-0.25, -0.2) is 4.98 Å². The summed E-state index contributed by atoms with van der Waals surface area (Å²) < 4.78 is 5.15. The Hall–Kier alpha value is -0.840. The van der Waals surface area contributed by atoms with Crippen LogP contribution in [0.5, 0.6) is 0 Å². The lowest BCUT2D eigenvalue weighted by Gasteiger charge is -2.34. The quantitative estimate of drug-likeness (QED) is 0.631. The molecule has 4 nitrogen and oxygen atoms in total. The van der Waals surface area contributed by atoms with Crippen molar-refractivity contribution in [3.05, 3.63) is 28.0 Å². The first-order valence-corrected chi connectivity index (χ1v) is 7.59. The Morgan fingerprint density at radius 1 is 1.45 bits per heavy atom. The standard InChI is InChI=1S/C14H18Cl2N2O2/c1-2-20-14(19)11-5-3-4-8-18(11)9-10-6-7-12(15)17-13(10)16/h6-7,11H,2-5,8-9H2,1H3. The Balaban J connectivity index is 2.10. The van der Waals surface area contributed by atoms with E-state index in [1.165, 1.54) is 0 Å². The normalized spacial score (nSPS) is 19.9. The molecule has 1 aromatic heterocycles. The molecule has 1 fully saturated rings. The fourth-order valence-electron chi connectivity index (χ4n) is 2.46. The van der Waals surface area contributed by atoms with Crippen LogP contribution in [-0.2, 0) is 16.1 Å². The Kier molecular flexibility index (Phi) is 5.64. The molecule has 0 saturated carbocycles. The zero-order valence-corrected chi connectivity index (χ0v) is 13.0. The second-order valence-corrected chi connectivity index (χ2v) is 5.56. The van der Waals surface area contributed by atoms with Crippen LogP contribution in [0.3, 0.4) is 0 Å². The highest BCUT2D eigenvalue weighted by atomic mass is 35.5. The van der Waals surface area contributed by atoms with Crippen molar-refractivity contribution in [2.24, 2.45) is 0 Å². The van der Waals surface area contributed by atoms with Gasteiger partial charge < -0.3 is 4.74 Å². The van der Waals surface area contributed by atoms with Crippen molar-refractivity contribution in [1.29, 1.82) is 0 Å². The average Bonchev–Trinajstić information content (AvgIpc) is 2.43. The predicted octanol–water partition coefficient (Wildman–Crippen LogP) is 3.31. The van der Waals surface area contributed by atoms with Gasteiger partial charge in [0.2, 0.25) is 0 Å². The van der Waals surface area contributed by atoms with Crippen LogP contribution in [0.4, 0.5) is 0 Å². The monoisotopic (exact) mass is 316 g/mol. The fourth-order valence-corrected chi connectivity index (χ4v) is 2.87. The number of halogens is 2. The van der Waals surface area contributed by atoms with Crippen molar-refractivity contribution in [3.8, 4) is 0 Å². The lowest BCUT2D eigenvalue weighted by molar-refractivity contribution is -0.151. The molecule has 20 heavy (non-hydrogen) atoms. The molecule has 1 saturated heterocycles. The van der Waals surface area contributed by atoms with Crippen molar-refractivity contribution < 1.29 is 9.53 Å². The number of esters is 1. The number of likely N-dealkylation sites (tertiary alicyclic amines) is 1. The lowest BCUT2D eigenvalue weighted by atomic mass is 10.0. The van der Waals surface area contributed by atoms with E-state index in [0.717, 1.165) is 31.4 Å². The van der Waals surface area contributed by atoms with Gasteiger partial charge >= 0.3 is 5.97 Å². The molecule has 6 heteroatoms. The third-order valence-corrected chi connectivity index (χ3v) is 3.98. The molecule has 1 aliphatic rings. The molecule has 0 aromatic carbocycles. The first kappa shape index (κ1) is 15.5. The summed E-state index contributed by atoms with van der Waals surface area (Å²) in [6.45, 7) is 3.69. The van der Waals surface area contributed by atoms with Crippen LogP contribution >= 0.6 is 23.2 Å². The molecule has 1 atom stereocenters. The number of pyridine rings is 1. The molecular weight excluding hydrogens is 299 g/mol. The van der Waals surface area contributed by atoms with Crippen molar-refractivity contribution in [3.63, 3.8) is 0 Å². The molecule has 0 amide bonds. The summed E-state index contributed by atoms with van der Waals surface area (Å²) in [6, 6.07) is 3.39.